The zero-order valence-electron chi connectivity index (χ0n) is 14.8. The van der Waals surface area contributed by atoms with Gasteiger partial charge in [0.1, 0.15) is 17.5 Å². The Morgan fingerprint density at radius 2 is 2.16 bits per heavy atom. The highest BCUT2D eigenvalue weighted by molar-refractivity contribution is 5.78. The maximum Gasteiger partial charge on any atom is 0.236 e. The van der Waals surface area contributed by atoms with Gasteiger partial charge in [-0.2, -0.15) is 0 Å². The van der Waals surface area contributed by atoms with Crippen molar-refractivity contribution in [3.05, 3.63) is 36.2 Å². The average molecular weight is 341 g/mol. The van der Waals surface area contributed by atoms with Gasteiger partial charge in [-0.3, -0.25) is 9.78 Å². The molecule has 1 saturated heterocycles. The first-order valence-electron chi connectivity index (χ1n) is 8.32. The molecule has 8 nitrogen and oxygen atoms in total. The molecule has 8 heteroatoms. The third-order valence-corrected chi connectivity index (χ3v) is 4.05. The minimum Gasteiger partial charge on any atom is -0.341 e. The summed E-state index contributed by atoms with van der Waals surface area (Å²) >= 11 is 0. The standard InChI is InChI=1S/C17H23N7O/c1-12-8-14(21-15-9-18-5-6-19-15)22-17(20-12)13-4-7-24(10-13)16(25)11-23(2)3/h5-6,8-9,13H,4,7,10-11H2,1-3H3,(H,19,20,21,22). The van der Waals surface area contributed by atoms with Crippen LogP contribution in [0.3, 0.4) is 0 Å². The zero-order chi connectivity index (χ0) is 17.8. The van der Waals surface area contributed by atoms with Gasteiger partial charge < -0.3 is 15.1 Å². The summed E-state index contributed by atoms with van der Waals surface area (Å²) in [5, 5.41) is 3.16. The van der Waals surface area contributed by atoms with E-state index < -0.39 is 0 Å². The van der Waals surface area contributed by atoms with E-state index in [0.29, 0.717) is 24.7 Å². The number of nitrogens with zero attached hydrogens (tertiary/aromatic N) is 6. The van der Waals surface area contributed by atoms with E-state index >= 15 is 0 Å². The molecular weight excluding hydrogens is 318 g/mol. The quantitative estimate of drug-likeness (QED) is 0.874. The second-order valence-corrected chi connectivity index (χ2v) is 6.53. The van der Waals surface area contributed by atoms with E-state index in [2.05, 4.69) is 25.3 Å². The van der Waals surface area contributed by atoms with Crippen LogP contribution in [-0.4, -0.2) is 69.4 Å². The monoisotopic (exact) mass is 341 g/mol. The van der Waals surface area contributed by atoms with Crippen LogP contribution in [0.2, 0.25) is 0 Å². The molecule has 0 spiro atoms. The Balaban J connectivity index is 1.71. The summed E-state index contributed by atoms with van der Waals surface area (Å²) in [6, 6.07) is 1.88. The largest absolute Gasteiger partial charge is 0.341 e. The predicted molar refractivity (Wildman–Crippen MR) is 94.6 cm³/mol. The second-order valence-electron chi connectivity index (χ2n) is 6.53. The summed E-state index contributed by atoms with van der Waals surface area (Å²) in [7, 11) is 3.80. The van der Waals surface area contributed by atoms with Gasteiger partial charge in [0.15, 0.2) is 0 Å². The Kier molecular flexibility index (Phi) is 5.18. The molecule has 1 aliphatic heterocycles. The summed E-state index contributed by atoms with van der Waals surface area (Å²) < 4.78 is 0. The third-order valence-electron chi connectivity index (χ3n) is 4.05. The highest BCUT2D eigenvalue weighted by Crippen LogP contribution is 2.26. The summed E-state index contributed by atoms with van der Waals surface area (Å²) in [6.45, 7) is 3.79. The first-order valence-corrected chi connectivity index (χ1v) is 8.32. The summed E-state index contributed by atoms with van der Waals surface area (Å²) in [5.41, 5.74) is 0.884. The van der Waals surface area contributed by atoms with Gasteiger partial charge in [-0.05, 0) is 27.4 Å². The number of carbonyl (C=O) groups excluding carboxylic acids is 1. The summed E-state index contributed by atoms with van der Waals surface area (Å²) in [4.78, 5) is 33.5. The highest BCUT2D eigenvalue weighted by atomic mass is 16.2. The van der Waals surface area contributed by atoms with Gasteiger partial charge in [-0.25, -0.2) is 15.0 Å². The molecule has 132 valence electrons. The van der Waals surface area contributed by atoms with E-state index in [4.69, 9.17) is 0 Å². The van der Waals surface area contributed by atoms with Crippen LogP contribution in [0, 0.1) is 6.92 Å². The fourth-order valence-corrected chi connectivity index (χ4v) is 2.90. The number of likely N-dealkylation sites (N-methyl/N-ethyl adjacent to an activating group) is 1. The molecule has 0 aromatic carbocycles. The number of anilines is 2. The molecular formula is C17H23N7O. The topological polar surface area (TPSA) is 87.1 Å². The van der Waals surface area contributed by atoms with Crippen molar-refractivity contribution in [2.45, 2.75) is 19.3 Å². The molecule has 2 aromatic heterocycles. The van der Waals surface area contributed by atoms with E-state index in [1.807, 2.05) is 36.9 Å². The predicted octanol–water partition coefficient (Wildman–Crippen LogP) is 1.20. The van der Waals surface area contributed by atoms with Crippen molar-refractivity contribution in [3.8, 4) is 0 Å². The lowest BCUT2D eigenvalue weighted by Crippen LogP contribution is -2.36. The van der Waals surface area contributed by atoms with Crippen molar-refractivity contribution in [2.24, 2.45) is 0 Å². The van der Waals surface area contributed by atoms with Gasteiger partial charge in [0.25, 0.3) is 0 Å². The van der Waals surface area contributed by atoms with Crippen LogP contribution < -0.4 is 5.32 Å². The third kappa shape index (κ3) is 4.48. The van der Waals surface area contributed by atoms with Crippen LogP contribution in [0.5, 0.6) is 0 Å². The van der Waals surface area contributed by atoms with Crippen molar-refractivity contribution in [1.29, 1.82) is 0 Å². The van der Waals surface area contributed by atoms with Crippen molar-refractivity contribution in [1.82, 2.24) is 29.7 Å². The fraction of sp³-hybridized carbons (Fsp3) is 0.471. The number of hydrogen-bond donors (Lipinski definition) is 1. The van der Waals surface area contributed by atoms with Crippen LogP contribution in [0.4, 0.5) is 11.6 Å². The minimum absolute atomic E-state index is 0.151. The van der Waals surface area contributed by atoms with Gasteiger partial charge in [-0.15, -0.1) is 0 Å². The Bertz CT molecular complexity index is 735. The number of carbonyl (C=O) groups is 1. The van der Waals surface area contributed by atoms with E-state index in [0.717, 1.165) is 24.5 Å². The van der Waals surface area contributed by atoms with Gasteiger partial charge in [-0.1, -0.05) is 0 Å². The molecule has 1 amide bonds. The molecule has 0 radical (unpaired) electrons. The molecule has 2 aromatic rings. The number of nitrogens with one attached hydrogen (secondary N) is 1. The van der Waals surface area contributed by atoms with E-state index in [1.165, 1.54) is 0 Å². The van der Waals surface area contributed by atoms with Crippen molar-refractivity contribution in [2.75, 3.05) is 39.0 Å². The van der Waals surface area contributed by atoms with Crippen molar-refractivity contribution >= 4 is 17.5 Å². The maximum atomic E-state index is 12.2. The number of amides is 1. The molecule has 25 heavy (non-hydrogen) atoms. The molecule has 0 aliphatic carbocycles. The second kappa shape index (κ2) is 7.52. The summed E-state index contributed by atoms with van der Waals surface area (Å²) in [6.07, 6.45) is 5.78. The number of aryl methyl sites for hydroxylation is 1. The Hall–Kier alpha value is -2.61. The van der Waals surface area contributed by atoms with Gasteiger partial charge in [0.2, 0.25) is 5.91 Å². The molecule has 1 aliphatic rings. The molecule has 0 saturated carbocycles. The molecule has 3 heterocycles. The number of aromatic nitrogens is 4. The van der Waals surface area contributed by atoms with Gasteiger partial charge >= 0.3 is 0 Å². The van der Waals surface area contributed by atoms with Crippen molar-refractivity contribution in [3.63, 3.8) is 0 Å². The lowest BCUT2D eigenvalue weighted by Gasteiger charge is -2.19. The van der Waals surface area contributed by atoms with E-state index in [9.17, 15) is 4.79 Å². The van der Waals surface area contributed by atoms with Crippen LogP contribution in [-0.2, 0) is 4.79 Å². The number of likely N-dealkylation sites (tertiary alicyclic amines) is 1. The number of rotatable bonds is 5. The van der Waals surface area contributed by atoms with E-state index in [-0.39, 0.29) is 11.8 Å². The summed E-state index contributed by atoms with van der Waals surface area (Å²) in [5.74, 6) is 2.42. The fourth-order valence-electron chi connectivity index (χ4n) is 2.90. The molecule has 0 bridgehead atoms. The minimum atomic E-state index is 0.151. The highest BCUT2D eigenvalue weighted by Gasteiger charge is 2.29. The van der Waals surface area contributed by atoms with E-state index in [1.54, 1.807) is 18.6 Å². The van der Waals surface area contributed by atoms with Gasteiger partial charge in [0.05, 0.1) is 12.7 Å². The van der Waals surface area contributed by atoms with Crippen LogP contribution >= 0.6 is 0 Å². The molecule has 1 atom stereocenters. The Morgan fingerprint density at radius 1 is 1.32 bits per heavy atom. The first-order chi connectivity index (χ1) is 12.0. The molecule has 1 unspecified atom stereocenters. The van der Waals surface area contributed by atoms with Crippen LogP contribution in [0.25, 0.3) is 0 Å². The zero-order valence-corrected chi connectivity index (χ0v) is 14.8. The first kappa shape index (κ1) is 17.2. The molecule has 1 N–H and O–H groups in total. The van der Waals surface area contributed by atoms with Crippen LogP contribution in [0.1, 0.15) is 23.9 Å². The SMILES string of the molecule is Cc1cc(Nc2cnccn2)nc(C2CCN(C(=O)CN(C)C)C2)n1. The lowest BCUT2D eigenvalue weighted by atomic mass is 10.1. The Labute approximate surface area is 147 Å². The average Bonchev–Trinajstić information content (AvgIpc) is 3.05. The Morgan fingerprint density at radius 3 is 2.88 bits per heavy atom. The van der Waals surface area contributed by atoms with Crippen molar-refractivity contribution < 1.29 is 4.79 Å². The van der Waals surface area contributed by atoms with Gasteiger partial charge in [0, 0.05) is 43.2 Å². The molecule has 1 fully saturated rings. The lowest BCUT2D eigenvalue weighted by molar-refractivity contribution is -0.130. The molecule has 3 rings (SSSR count). The van der Waals surface area contributed by atoms with Crippen LogP contribution in [0.15, 0.2) is 24.7 Å². The number of hydrogen-bond acceptors (Lipinski definition) is 7. The smallest absolute Gasteiger partial charge is 0.236 e. The maximum absolute atomic E-state index is 12.2. The normalized spacial score (nSPS) is 17.1.